The molecule has 1 aromatic rings. The molecule has 4 heteroatoms. The van der Waals surface area contributed by atoms with Gasteiger partial charge in [0.1, 0.15) is 0 Å². The Hall–Kier alpha value is -1.32. The summed E-state index contributed by atoms with van der Waals surface area (Å²) in [5.74, 6) is -0.644. The molecule has 1 saturated carbocycles. The lowest BCUT2D eigenvalue weighted by Gasteiger charge is -2.22. The van der Waals surface area contributed by atoms with Crippen LogP contribution in [0.4, 0.5) is 0 Å². The number of rotatable bonds is 4. The van der Waals surface area contributed by atoms with E-state index in [1.54, 1.807) is 6.20 Å². The second-order valence-corrected chi connectivity index (χ2v) is 4.67. The van der Waals surface area contributed by atoms with E-state index in [1.807, 2.05) is 17.8 Å². The minimum atomic E-state index is -0.644. The van der Waals surface area contributed by atoms with Crippen molar-refractivity contribution in [3.63, 3.8) is 0 Å². The zero-order valence-corrected chi connectivity index (χ0v) is 9.65. The molecule has 0 radical (unpaired) electrons. The second kappa shape index (κ2) is 4.28. The Morgan fingerprint density at radius 3 is 2.75 bits per heavy atom. The Balaban J connectivity index is 2.14. The van der Waals surface area contributed by atoms with E-state index in [0.717, 1.165) is 37.8 Å². The van der Waals surface area contributed by atoms with Crippen LogP contribution < -0.4 is 0 Å². The molecule has 4 nitrogen and oxygen atoms in total. The number of nitrogens with zero attached hydrogens (tertiary/aromatic N) is 2. The summed E-state index contributed by atoms with van der Waals surface area (Å²) in [4.78, 5) is 11.4. The maximum absolute atomic E-state index is 11.4. The number of hydrogen-bond acceptors (Lipinski definition) is 2. The number of carboxylic acids is 1. The first-order valence-corrected chi connectivity index (χ1v) is 5.91. The Morgan fingerprint density at radius 1 is 1.56 bits per heavy atom. The van der Waals surface area contributed by atoms with Crippen LogP contribution >= 0.6 is 0 Å². The van der Waals surface area contributed by atoms with Crippen LogP contribution in [0.25, 0.3) is 0 Å². The highest BCUT2D eigenvalue weighted by Gasteiger charge is 2.41. The molecule has 1 heterocycles. The summed E-state index contributed by atoms with van der Waals surface area (Å²) in [5.41, 5.74) is 0.521. The summed E-state index contributed by atoms with van der Waals surface area (Å²) in [6.07, 6.45) is 8.07. The summed E-state index contributed by atoms with van der Waals surface area (Å²) in [5, 5.41) is 13.6. The van der Waals surface area contributed by atoms with Crippen molar-refractivity contribution in [1.82, 2.24) is 9.78 Å². The van der Waals surface area contributed by atoms with E-state index >= 15 is 0 Å². The van der Waals surface area contributed by atoms with Crippen LogP contribution in [0.1, 0.15) is 38.2 Å². The molecule has 0 amide bonds. The molecular weight excluding hydrogens is 204 g/mol. The molecule has 1 fully saturated rings. The molecule has 0 saturated heterocycles. The summed E-state index contributed by atoms with van der Waals surface area (Å²) in [7, 11) is 0. The molecule has 88 valence electrons. The number of aryl methyl sites for hydroxylation is 1. The number of carbonyl (C=O) groups is 1. The van der Waals surface area contributed by atoms with E-state index in [4.69, 9.17) is 0 Å². The Labute approximate surface area is 95.3 Å². The first kappa shape index (κ1) is 11.2. The SMILES string of the molecule is CCn1cc(CC2(C(=O)O)CCCC2)cn1. The summed E-state index contributed by atoms with van der Waals surface area (Å²) in [6.45, 7) is 2.86. The molecule has 1 aromatic heterocycles. The van der Waals surface area contributed by atoms with Gasteiger partial charge in [-0.2, -0.15) is 5.10 Å². The fraction of sp³-hybridized carbons (Fsp3) is 0.667. The van der Waals surface area contributed by atoms with Gasteiger partial charge in [-0.05, 0) is 31.7 Å². The monoisotopic (exact) mass is 222 g/mol. The van der Waals surface area contributed by atoms with Crippen molar-refractivity contribution in [2.75, 3.05) is 0 Å². The van der Waals surface area contributed by atoms with E-state index in [2.05, 4.69) is 5.10 Å². The highest BCUT2D eigenvalue weighted by atomic mass is 16.4. The smallest absolute Gasteiger partial charge is 0.309 e. The lowest BCUT2D eigenvalue weighted by molar-refractivity contribution is -0.148. The third kappa shape index (κ3) is 1.96. The van der Waals surface area contributed by atoms with Gasteiger partial charge in [-0.3, -0.25) is 9.48 Å². The second-order valence-electron chi connectivity index (χ2n) is 4.67. The van der Waals surface area contributed by atoms with E-state index in [1.165, 1.54) is 0 Å². The first-order valence-electron chi connectivity index (χ1n) is 5.91. The van der Waals surface area contributed by atoms with Gasteiger partial charge in [0, 0.05) is 12.7 Å². The highest BCUT2D eigenvalue weighted by Crippen LogP contribution is 2.41. The number of aromatic nitrogens is 2. The van der Waals surface area contributed by atoms with Crippen molar-refractivity contribution in [3.05, 3.63) is 18.0 Å². The molecule has 1 aliphatic carbocycles. The van der Waals surface area contributed by atoms with Crippen LogP contribution in [-0.4, -0.2) is 20.9 Å². The fourth-order valence-electron chi connectivity index (χ4n) is 2.58. The molecular formula is C12H18N2O2. The Bertz CT molecular complexity index is 378. The molecule has 0 aromatic carbocycles. The van der Waals surface area contributed by atoms with Crippen molar-refractivity contribution >= 4 is 5.97 Å². The first-order chi connectivity index (χ1) is 7.66. The minimum absolute atomic E-state index is 0.526. The maximum Gasteiger partial charge on any atom is 0.309 e. The molecule has 0 unspecified atom stereocenters. The van der Waals surface area contributed by atoms with Gasteiger partial charge >= 0.3 is 5.97 Å². The molecule has 1 N–H and O–H groups in total. The van der Waals surface area contributed by atoms with Crippen molar-refractivity contribution in [3.8, 4) is 0 Å². The van der Waals surface area contributed by atoms with Crippen LogP contribution in [-0.2, 0) is 17.8 Å². The lowest BCUT2D eigenvalue weighted by Crippen LogP contribution is -2.30. The predicted octanol–water partition coefficient (Wildman–Crippen LogP) is 2.09. The van der Waals surface area contributed by atoms with Crippen molar-refractivity contribution in [2.45, 2.75) is 45.6 Å². The molecule has 2 rings (SSSR count). The molecule has 0 atom stereocenters. The molecule has 16 heavy (non-hydrogen) atoms. The van der Waals surface area contributed by atoms with Gasteiger partial charge in [0.15, 0.2) is 0 Å². The predicted molar refractivity (Wildman–Crippen MR) is 60.1 cm³/mol. The van der Waals surface area contributed by atoms with E-state index < -0.39 is 11.4 Å². The largest absolute Gasteiger partial charge is 0.481 e. The van der Waals surface area contributed by atoms with E-state index in [-0.39, 0.29) is 0 Å². The van der Waals surface area contributed by atoms with Gasteiger partial charge in [-0.1, -0.05) is 12.8 Å². The third-order valence-electron chi connectivity index (χ3n) is 3.57. The number of hydrogen-bond donors (Lipinski definition) is 1. The van der Waals surface area contributed by atoms with E-state index in [0.29, 0.717) is 6.42 Å². The quantitative estimate of drug-likeness (QED) is 0.848. The Morgan fingerprint density at radius 2 is 2.25 bits per heavy atom. The normalized spacial score (nSPS) is 18.8. The lowest BCUT2D eigenvalue weighted by atomic mass is 9.81. The number of carboxylic acid groups (broad SMARTS) is 1. The van der Waals surface area contributed by atoms with Crippen LogP contribution in [0.5, 0.6) is 0 Å². The molecule has 0 aliphatic heterocycles. The van der Waals surface area contributed by atoms with Crippen LogP contribution in [0, 0.1) is 5.41 Å². The van der Waals surface area contributed by atoms with Crippen molar-refractivity contribution < 1.29 is 9.90 Å². The van der Waals surface area contributed by atoms with Crippen molar-refractivity contribution in [2.24, 2.45) is 5.41 Å². The topological polar surface area (TPSA) is 55.1 Å². The minimum Gasteiger partial charge on any atom is -0.481 e. The number of aliphatic carboxylic acids is 1. The molecule has 0 spiro atoms. The zero-order valence-electron chi connectivity index (χ0n) is 9.65. The van der Waals surface area contributed by atoms with Gasteiger partial charge < -0.3 is 5.11 Å². The Kier molecular flexibility index (Phi) is 2.99. The van der Waals surface area contributed by atoms with Crippen molar-refractivity contribution in [1.29, 1.82) is 0 Å². The molecule has 0 bridgehead atoms. The van der Waals surface area contributed by atoms with Gasteiger partial charge in [-0.15, -0.1) is 0 Å². The highest BCUT2D eigenvalue weighted by molar-refractivity contribution is 5.75. The summed E-state index contributed by atoms with van der Waals surface area (Å²) < 4.78 is 1.85. The standard InChI is InChI=1S/C12H18N2O2/c1-2-14-9-10(8-13-14)7-12(11(15)16)5-3-4-6-12/h8-9H,2-7H2,1H3,(H,15,16). The fourth-order valence-corrected chi connectivity index (χ4v) is 2.58. The van der Waals surface area contributed by atoms with Gasteiger partial charge in [0.05, 0.1) is 11.6 Å². The van der Waals surface area contributed by atoms with Crippen LogP contribution in [0.3, 0.4) is 0 Å². The summed E-state index contributed by atoms with van der Waals surface area (Å²) >= 11 is 0. The van der Waals surface area contributed by atoms with Gasteiger partial charge in [0.25, 0.3) is 0 Å². The van der Waals surface area contributed by atoms with E-state index in [9.17, 15) is 9.90 Å². The third-order valence-corrected chi connectivity index (χ3v) is 3.57. The maximum atomic E-state index is 11.4. The summed E-state index contributed by atoms with van der Waals surface area (Å²) in [6, 6.07) is 0. The van der Waals surface area contributed by atoms with Crippen LogP contribution in [0.15, 0.2) is 12.4 Å². The van der Waals surface area contributed by atoms with Gasteiger partial charge in [-0.25, -0.2) is 0 Å². The average molecular weight is 222 g/mol. The van der Waals surface area contributed by atoms with Crippen LogP contribution in [0.2, 0.25) is 0 Å². The zero-order chi connectivity index (χ0) is 11.6. The van der Waals surface area contributed by atoms with Gasteiger partial charge in [0.2, 0.25) is 0 Å². The molecule has 1 aliphatic rings. The average Bonchev–Trinajstić information content (AvgIpc) is 2.88.